The van der Waals surface area contributed by atoms with E-state index in [1.807, 2.05) is 6.92 Å². The van der Waals surface area contributed by atoms with Gasteiger partial charge in [-0.05, 0) is 31.4 Å². The van der Waals surface area contributed by atoms with Crippen molar-refractivity contribution in [3.63, 3.8) is 0 Å². The van der Waals surface area contributed by atoms with E-state index in [-0.39, 0.29) is 19.0 Å². The van der Waals surface area contributed by atoms with Crippen molar-refractivity contribution in [3.8, 4) is 0 Å². The molecular formula is C16H24ClNO5. The monoisotopic (exact) mass is 345 g/mol. The number of hydrogen-bond donors (Lipinski definition) is 1. The molecule has 1 unspecified atom stereocenters. The molecule has 0 aromatic rings. The van der Waals surface area contributed by atoms with Gasteiger partial charge in [0, 0.05) is 30.7 Å². The summed E-state index contributed by atoms with van der Waals surface area (Å²) in [5, 5.41) is 3.41. The van der Waals surface area contributed by atoms with Gasteiger partial charge in [-0.2, -0.15) is 0 Å². The summed E-state index contributed by atoms with van der Waals surface area (Å²) in [5.41, 5.74) is 0.765. The highest BCUT2D eigenvalue weighted by atomic mass is 35.5. The lowest BCUT2D eigenvalue weighted by molar-refractivity contribution is -0.174. The molecule has 0 fully saturated rings. The first-order valence-corrected chi connectivity index (χ1v) is 8.14. The number of nitrogens with one attached hydrogen (secondary N) is 1. The van der Waals surface area contributed by atoms with Crippen LogP contribution in [0.25, 0.3) is 0 Å². The zero-order chi connectivity index (χ0) is 17.1. The second kappa shape index (κ2) is 11.1. The van der Waals surface area contributed by atoms with E-state index in [1.165, 1.54) is 7.11 Å². The number of hydrogen-bond acceptors (Lipinski definition) is 5. The largest absolute Gasteiger partial charge is 0.449 e. The Morgan fingerprint density at radius 2 is 2.13 bits per heavy atom. The minimum atomic E-state index is -0.531. The summed E-state index contributed by atoms with van der Waals surface area (Å²) in [4.78, 5) is 23.2. The van der Waals surface area contributed by atoms with E-state index in [9.17, 15) is 9.59 Å². The minimum absolute atomic E-state index is 0.149. The van der Waals surface area contributed by atoms with Crippen LogP contribution in [0.2, 0.25) is 0 Å². The second-order valence-corrected chi connectivity index (χ2v) is 5.60. The highest BCUT2D eigenvalue weighted by Crippen LogP contribution is 2.19. The van der Waals surface area contributed by atoms with Crippen molar-refractivity contribution >= 4 is 23.7 Å². The Kier molecular flexibility index (Phi) is 9.40. The van der Waals surface area contributed by atoms with Gasteiger partial charge in [0.25, 0.3) is 0 Å². The molecule has 0 aromatic carbocycles. The summed E-state index contributed by atoms with van der Waals surface area (Å²) >= 11 is 5.84. The average molecular weight is 346 g/mol. The lowest BCUT2D eigenvalue weighted by atomic mass is 10.1. The minimum Gasteiger partial charge on any atom is -0.449 e. The van der Waals surface area contributed by atoms with E-state index < -0.39 is 12.4 Å². The molecular weight excluding hydrogens is 322 g/mol. The lowest BCUT2D eigenvalue weighted by Gasteiger charge is -2.15. The van der Waals surface area contributed by atoms with Crippen LogP contribution in [0.5, 0.6) is 0 Å². The van der Waals surface area contributed by atoms with Gasteiger partial charge >= 0.3 is 12.1 Å². The van der Waals surface area contributed by atoms with Crippen molar-refractivity contribution in [1.82, 2.24) is 5.32 Å². The molecule has 0 aromatic heterocycles. The summed E-state index contributed by atoms with van der Waals surface area (Å²) in [6, 6.07) is 0. The fraction of sp³-hybridized carbons (Fsp3) is 0.625. The summed E-state index contributed by atoms with van der Waals surface area (Å²) in [6.07, 6.45) is 5.95. The molecule has 1 atom stereocenters. The molecule has 130 valence electrons. The number of amides is 1. The zero-order valence-corrected chi connectivity index (χ0v) is 14.4. The van der Waals surface area contributed by atoms with Crippen molar-refractivity contribution in [2.75, 3.05) is 13.7 Å². The normalized spacial score (nSPS) is 15.3. The first-order chi connectivity index (χ1) is 11.0. The second-order valence-electron chi connectivity index (χ2n) is 5.11. The van der Waals surface area contributed by atoms with Crippen LogP contribution < -0.4 is 5.32 Å². The SMILES string of the molecule is CCCC(OC)OC(=O)CCCOC(=O)NC1=CC=C(Cl)CC1. The fourth-order valence-electron chi connectivity index (χ4n) is 1.93. The van der Waals surface area contributed by atoms with Crippen molar-refractivity contribution in [1.29, 1.82) is 0 Å². The summed E-state index contributed by atoms with van der Waals surface area (Å²) in [6.45, 7) is 2.13. The van der Waals surface area contributed by atoms with Gasteiger partial charge in [-0.25, -0.2) is 4.79 Å². The summed E-state index contributed by atoms with van der Waals surface area (Å²) in [5.74, 6) is -0.357. The topological polar surface area (TPSA) is 73.9 Å². The first-order valence-electron chi connectivity index (χ1n) is 7.76. The van der Waals surface area contributed by atoms with Gasteiger partial charge < -0.3 is 14.2 Å². The number of methoxy groups -OCH3 is 1. The molecule has 0 radical (unpaired) electrons. The summed E-state index contributed by atoms with van der Waals surface area (Å²) in [7, 11) is 1.50. The van der Waals surface area contributed by atoms with E-state index in [0.717, 1.165) is 17.2 Å². The highest BCUT2D eigenvalue weighted by molar-refractivity contribution is 6.29. The molecule has 0 aliphatic heterocycles. The third-order valence-electron chi connectivity index (χ3n) is 3.17. The maximum Gasteiger partial charge on any atom is 0.411 e. The molecule has 0 saturated heterocycles. The third-order valence-corrected chi connectivity index (χ3v) is 3.48. The van der Waals surface area contributed by atoms with Crippen LogP contribution in [-0.2, 0) is 19.0 Å². The number of ether oxygens (including phenoxy) is 3. The zero-order valence-electron chi connectivity index (χ0n) is 13.6. The van der Waals surface area contributed by atoms with Gasteiger partial charge in [0.15, 0.2) is 0 Å². The predicted molar refractivity (Wildman–Crippen MR) is 86.8 cm³/mol. The molecule has 1 rings (SSSR count). The van der Waals surface area contributed by atoms with Gasteiger partial charge in [0.2, 0.25) is 6.29 Å². The first kappa shape index (κ1) is 19.5. The molecule has 0 bridgehead atoms. The maximum absolute atomic E-state index is 11.6. The van der Waals surface area contributed by atoms with Gasteiger partial charge in [-0.3, -0.25) is 10.1 Å². The average Bonchev–Trinajstić information content (AvgIpc) is 2.53. The molecule has 0 spiro atoms. The van der Waals surface area contributed by atoms with Gasteiger partial charge in [-0.1, -0.05) is 24.9 Å². The molecule has 0 saturated carbocycles. The Morgan fingerprint density at radius 3 is 2.74 bits per heavy atom. The lowest BCUT2D eigenvalue weighted by Crippen LogP contribution is -2.25. The summed E-state index contributed by atoms with van der Waals surface area (Å²) < 4.78 is 15.2. The predicted octanol–water partition coefficient (Wildman–Crippen LogP) is 3.61. The van der Waals surface area contributed by atoms with Crippen LogP contribution in [0.15, 0.2) is 22.9 Å². The highest BCUT2D eigenvalue weighted by Gasteiger charge is 2.13. The number of allylic oxidation sites excluding steroid dienone is 4. The number of halogens is 1. The molecule has 6 nitrogen and oxygen atoms in total. The Balaban J connectivity index is 2.14. The van der Waals surface area contributed by atoms with Gasteiger partial charge in [0.1, 0.15) is 0 Å². The Labute approximate surface area is 141 Å². The van der Waals surface area contributed by atoms with E-state index in [2.05, 4.69) is 5.32 Å². The Bertz CT molecular complexity index is 461. The van der Waals surface area contributed by atoms with Gasteiger partial charge in [-0.15, -0.1) is 0 Å². The number of carbonyl (C=O) groups is 2. The number of alkyl carbamates (subject to hydrolysis) is 1. The van der Waals surface area contributed by atoms with Crippen LogP contribution >= 0.6 is 11.6 Å². The van der Waals surface area contributed by atoms with Crippen molar-refractivity contribution < 1.29 is 23.8 Å². The van der Waals surface area contributed by atoms with E-state index >= 15 is 0 Å². The van der Waals surface area contributed by atoms with Crippen molar-refractivity contribution in [2.45, 2.75) is 51.7 Å². The quantitative estimate of drug-likeness (QED) is 0.392. The molecule has 1 aliphatic rings. The smallest absolute Gasteiger partial charge is 0.411 e. The molecule has 0 heterocycles. The van der Waals surface area contributed by atoms with Crippen LogP contribution in [0.1, 0.15) is 45.4 Å². The van der Waals surface area contributed by atoms with E-state index in [4.69, 9.17) is 25.8 Å². The van der Waals surface area contributed by atoms with E-state index in [0.29, 0.717) is 25.7 Å². The maximum atomic E-state index is 11.6. The van der Waals surface area contributed by atoms with Crippen molar-refractivity contribution in [3.05, 3.63) is 22.9 Å². The van der Waals surface area contributed by atoms with Crippen LogP contribution in [-0.4, -0.2) is 32.1 Å². The van der Waals surface area contributed by atoms with Crippen molar-refractivity contribution in [2.24, 2.45) is 0 Å². The molecule has 7 heteroatoms. The molecule has 23 heavy (non-hydrogen) atoms. The third kappa shape index (κ3) is 8.62. The molecule has 1 aliphatic carbocycles. The van der Waals surface area contributed by atoms with Gasteiger partial charge in [0.05, 0.1) is 6.61 Å². The van der Waals surface area contributed by atoms with E-state index in [1.54, 1.807) is 12.2 Å². The standard InChI is InChI=1S/C16H24ClNO5/c1-3-5-15(21-2)23-14(19)6-4-11-22-16(20)18-13-9-7-12(17)8-10-13/h7,9,15H,3-6,8,10-11H2,1-2H3,(H,18,20). The van der Waals surface area contributed by atoms with Crippen LogP contribution in [0.3, 0.4) is 0 Å². The van der Waals surface area contributed by atoms with Crippen LogP contribution in [0, 0.1) is 0 Å². The van der Waals surface area contributed by atoms with Crippen LogP contribution in [0.4, 0.5) is 4.79 Å². The fourth-order valence-corrected chi connectivity index (χ4v) is 2.09. The number of esters is 1. The Hall–Kier alpha value is -1.53. The number of rotatable bonds is 9. The Morgan fingerprint density at radius 1 is 1.35 bits per heavy atom. The molecule has 1 N–H and O–H groups in total. The molecule has 1 amide bonds. The number of carbonyl (C=O) groups excluding carboxylic acids is 2.